The molecule has 1 fully saturated rings. The second-order valence-electron chi connectivity index (χ2n) is 6.20. The highest BCUT2D eigenvalue weighted by Crippen LogP contribution is 2.29. The predicted octanol–water partition coefficient (Wildman–Crippen LogP) is 1.49. The van der Waals surface area contributed by atoms with Crippen LogP contribution in [0.5, 0.6) is 11.5 Å². The maximum Gasteiger partial charge on any atom is 0.258 e. The van der Waals surface area contributed by atoms with Crippen LogP contribution in [-0.4, -0.2) is 74.4 Å². The SMILES string of the molecule is COc1ccc(NC(=O)c2cnc(NCCN3CCOCC3)nc2)cc1OC. The van der Waals surface area contributed by atoms with E-state index in [2.05, 4.69) is 25.5 Å². The zero-order valence-corrected chi connectivity index (χ0v) is 16.1. The molecule has 1 aliphatic rings. The number of morpholine rings is 1. The molecule has 0 unspecified atom stereocenters. The molecule has 0 radical (unpaired) electrons. The zero-order chi connectivity index (χ0) is 19.8. The van der Waals surface area contributed by atoms with Gasteiger partial charge in [-0.25, -0.2) is 9.97 Å². The lowest BCUT2D eigenvalue weighted by Gasteiger charge is -2.26. The molecule has 150 valence electrons. The van der Waals surface area contributed by atoms with Gasteiger partial charge >= 0.3 is 0 Å². The van der Waals surface area contributed by atoms with E-state index in [0.717, 1.165) is 39.4 Å². The molecule has 2 N–H and O–H groups in total. The molecule has 0 aliphatic carbocycles. The summed E-state index contributed by atoms with van der Waals surface area (Å²) in [6.07, 6.45) is 3.00. The van der Waals surface area contributed by atoms with E-state index in [9.17, 15) is 4.79 Å². The summed E-state index contributed by atoms with van der Waals surface area (Å²) in [5.74, 6) is 1.33. The van der Waals surface area contributed by atoms with Gasteiger partial charge in [0.05, 0.1) is 33.0 Å². The van der Waals surface area contributed by atoms with Gasteiger partial charge in [-0.05, 0) is 12.1 Å². The number of ether oxygens (including phenoxy) is 3. The lowest BCUT2D eigenvalue weighted by molar-refractivity contribution is 0.0398. The Hall–Kier alpha value is -2.91. The molecule has 2 heterocycles. The molecule has 3 rings (SSSR count). The molecule has 28 heavy (non-hydrogen) atoms. The minimum Gasteiger partial charge on any atom is -0.493 e. The third-order valence-corrected chi connectivity index (χ3v) is 4.37. The fourth-order valence-corrected chi connectivity index (χ4v) is 2.80. The van der Waals surface area contributed by atoms with Gasteiger partial charge in [0.1, 0.15) is 0 Å². The van der Waals surface area contributed by atoms with E-state index in [-0.39, 0.29) is 5.91 Å². The molecular weight excluding hydrogens is 362 g/mol. The van der Waals surface area contributed by atoms with Crippen molar-refractivity contribution in [1.29, 1.82) is 0 Å². The fourth-order valence-electron chi connectivity index (χ4n) is 2.80. The first-order valence-corrected chi connectivity index (χ1v) is 9.09. The van der Waals surface area contributed by atoms with Crippen LogP contribution in [-0.2, 0) is 4.74 Å². The van der Waals surface area contributed by atoms with E-state index in [1.165, 1.54) is 12.4 Å². The third kappa shape index (κ3) is 5.30. The lowest BCUT2D eigenvalue weighted by atomic mass is 10.2. The number of anilines is 2. The standard InChI is InChI=1S/C19H25N5O4/c1-26-16-4-3-15(11-17(16)27-2)23-18(25)14-12-21-19(22-13-14)20-5-6-24-7-9-28-10-8-24/h3-4,11-13H,5-10H2,1-2H3,(H,23,25)(H,20,21,22). The molecule has 0 bridgehead atoms. The number of amides is 1. The van der Waals surface area contributed by atoms with Gasteiger partial charge in [0, 0.05) is 50.3 Å². The van der Waals surface area contributed by atoms with Crippen LogP contribution in [0.25, 0.3) is 0 Å². The normalized spacial score (nSPS) is 14.4. The van der Waals surface area contributed by atoms with Gasteiger partial charge in [0.25, 0.3) is 5.91 Å². The monoisotopic (exact) mass is 387 g/mol. The molecule has 0 saturated carbocycles. The third-order valence-electron chi connectivity index (χ3n) is 4.37. The molecule has 2 aromatic rings. The van der Waals surface area contributed by atoms with Crippen molar-refractivity contribution in [3.63, 3.8) is 0 Å². The number of benzene rings is 1. The average molecular weight is 387 g/mol. The van der Waals surface area contributed by atoms with E-state index in [0.29, 0.717) is 28.7 Å². The van der Waals surface area contributed by atoms with Crippen molar-refractivity contribution in [2.24, 2.45) is 0 Å². The lowest BCUT2D eigenvalue weighted by Crippen LogP contribution is -2.39. The van der Waals surface area contributed by atoms with Crippen molar-refractivity contribution in [2.75, 3.05) is 64.2 Å². The first-order valence-electron chi connectivity index (χ1n) is 9.09. The molecule has 1 aliphatic heterocycles. The summed E-state index contributed by atoms with van der Waals surface area (Å²) in [4.78, 5) is 23.1. The smallest absolute Gasteiger partial charge is 0.258 e. The topological polar surface area (TPSA) is 97.8 Å². The van der Waals surface area contributed by atoms with E-state index in [1.807, 2.05) is 0 Å². The predicted molar refractivity (Wildman–Crippen MR) is 105 cm³/mol. The van der Waals surface area contributed by atoms with Gasteiger partial charge in [-0.1, -0.05) is 0 Å². The van der Waals surface area contributed by atoms with Crippen LogP contribution in [0.3, 0.4) is 0 Å². The second-order valence-corrected chi connectivity index (χ2v) is 6.20. The van der Waals surface area contributed by atoms with Gasteiger partial charge in [-0.3, -0.25) is 9.69 Å². The molecule has 0 spiro atoms. The van der Waals surface area contributed by atoms with Crippen LogP contribution in [0, 0.1) is 0 Å². The van der Waals surface area contributed by atoms with Crippen molar-refractivity contribution < 1.29 is 19.0 Å². The number of methoxy groups -OCH3 is 2. The molecule has 1 amide bonds. The summed E-state index contributed by atoms with van der Waals surface area (Å²) in [5.41, 5.74) is 0.962. The van der Waals surface area contributed by atoms with Crippen LogP contribution >= 0.6 is 0 Å². The number of hydrogen-bond donors (Lipinski definition) is 2. The summed E-state index contributed by atoms with van der Waals surface area (Å²) in [6.45, 7) is 5.07. The molecule has 9 nitrogen and oxygen atoms in total. The largest absolute Gasteiger partial charge is 0.493 e. The Balaban J connectivity index is 1.51. The van der Waals surface area contributed by atoms with Gasteiger partial charge < -0.3 is 24.8 Å². The number of aromatic nitrogens is 2. The molecule has 1 aromatic heterocycles. The minimum atomic E-state index is -0.299. The highest BCUT2D eigenvalue weighted by Gasteiger charge is 2.12. The summed E-state index contributed by atoms with van der Waals surface area (Å²) in [6, 6.07) is 5.16. The Labute approximate surface area is 164 Å². The van der Waals surface area contributed by atoms with Gasteiger partial charge in [-0.15, -0.1) is 0 Å². The number of nitrogens with one attached hydrogen (secondary N) is 2. The zero-order valence-electron chi connectivity index (χ0n) is 16.1. The quantitative estimate of drug-likeness (QED) is 0.703. The first kappa shape index (κ1) is 19.8. The number of carbonyl (C=O) groups is 1. The Morgan fingerprint density at radius 2 is 1.86 bits per heavy atom. The summed E-state index contributed by atoms with van der Waals surface area (Å²) in [7, 11) is 3.10. The van der Waals surface area contributed by atoms with Crippen molar-refractivity contribution in [3.8, 4) is 11.5 Å². The molecule has 9 heteroatoms. The molecular formula is C19H25N5O4. The number of carbonyl (C=O) groups excluding carboxylic acids is 1. The van der Waals surface area contributed by atoms with Crippen molar-refractivity contribution in [3.05, 3.63) is 36.2 Å². The number of rotatable bonds is 8. The van der Waals surface area contributed by atoms with Gasteiger partial charge in [0.15, 0.2) is 11.5 Å². The van der Waals surface area contributed by atoms with Crippen LogP contribution < -0.4 is 20.1 Å². The van der Waals surface area contributed by atoms with Crippen molar-refractivity contribution >= 4 is 17.5 Å². The van der Waals surface area contributed by atoms with Crippen molar-refractivity contribution in [1.82, 2.24) is 14.9 Å². The van der Waals surface area contributed by atoms with Crippen LogP contribution in [0.2, 0.25) is 0 Å². The molecule has 1 saturated heterocycles. The van der Waals surface area contributed by atoms with Gasteiger partial charge in [-0.2, -0.15) is 0 Å². The van der Waals surface area contributed by atoms with E-state index < -0.39 is 0 Å². The maximum atomic E-state index is 12.4. The van der Waals surface area contributed by atoms with Crippen molar-refractivity contribution in [2.45, 2.75) is 0 Å². The molecule has 1 aromatic carbocycles. The Morgan fingerprint density at radius 1 is 1.14 bits per heavy atom. The molecule has 0 atom stereocenters. The summed E-state index contributed by atoms with van der Waals surface area (Å²) >= 11 is 0. The number of hydrogen-bond acceptors (Lipinski definition) is 8. The highest BCUT2D eigenvalue weighted by atomic mass is 16.5. The maximum absolute atomic E-state index is 12.4. The van der Waals surface area contributed by atoms with E-state index >= 15 is 0 Å². The Morgan fingerprint density at radius 3 is 2.54 bits per heavy atom. The van der Waals surface area contributed by atoms with Crippen LogP contribution in [0.15, 0.2) is 30.6 Å². The van der Waals surface area contributed by atoms with Crippen LogP contribution in [0.4, 0.5) is 11.6 Å². The fraction of sp³-hybridized carbons (Fsp3) is 0.421. The average Bonchev–Trinajstić information content (AvgIpc) is 2.75. The highest BCUT2D eigenvalue weighted by molar-refractivity contribution is 6.04. The van der Waals surface area contributed by atoms with Gasteiger partial charge in [0.2, 0.25) is 5.95 Å². The summed E-state index contributed by atoms with van der Waals surface area (Å²) < 4.78 is 15.8. The van der Waals surface area contributed by atoms with E-state index in [1.54, 1.807) is 32.4 Å². The minimum absolute atomic E-state index is 0.299. The van der Waals surface area contributed by atoms with E-state index in [4.69, 9.17) is 14.2 Å². The number of nitrogens with zero attached hydrogens (tertiary/aromatic N) is 3. The Bertz CT molecular complexity index is 778. The Kier molecular flexibility index (Phi) is 6.99. The first-order chi connectivity index (χ1) is 13.7. The summed E-state index contributed by atoms with van der Waals surface area (Å²) in [5, 5.41) is 5.97. The van der Waals surface area contributed by atoms with Crippen LogP contribution in [0.1, 0.15) is 10.4 Å². The second kappa shape index (κ2) is 9.86.